The van der Waals surface area contributed by atoms with Gasteiger partial charge in [0.1, 0.15) is 0 Å². The molecule has 8 nitrogen and oxygen atoms in total. The molecular weight excluding hydrogens is 436 g/mol. The minimum atomic E-state index is -2.90. The molecule has 0 bridgehead atoms. The van der Waals surface area contributed by atoms with Crippen LogP contribution in [0.25, 0.3) is 11.5 Å². The molecule has 0 unspecified atom stereocenters. The molecule has 1 N–H and O–H groups in total. The van der Waals surface area contributed by atoms with E-state index in [-0.39, 0.29) is 17.8 Å². The number of amides is 2. The summed E-state index contributed by atoms with van der Waals surface area (Å²) in [4.78, 5) is 26.6. The van der Waals surface area contributed by atoms with Crippen molar-refractivity contribution in [2.24, 2.45) is 0 Å². The first kappa shape index (κ1) is 22.0. The molecule has 1 aromatic carbocycles. The number of rotatable bonds is 6. The molecule has 32 heavy (non-hydrogen) atoms. The van der Waals surface area contributed by atoms with Gasteiger partial charge in [0.05, 0.1) is 12.1 Å². The Hall–Kier alpha value is -3.18. The molecule has 1 fully saturated rings. The van der Waals surface area contributed by atoms with E-state index < -0.39 is 37.5 Å². The van der Waals surface area contributed by atoms with E-state index in [4.69, 9.17) is 4.42 Å². The van der Waals surface area contributed by atoms with E-state index in [2.05, 4.69) is 20.3 Å². The lowest BCUT2D eigenvalue weighted by atomic mass is 9.89. The van der Waals surface area contributed by atoms with Gasteiger partial charge >= 0.3 is 12.5 Å². The topological polar surface area (TPSA) is 97.6 Å². The van der Waals surface area contributed by atoms with E-state index in [1.54, 1.807) is 17.0 Å². The molecule has 2 heterocycles. The lowest BCUT2D eigenvalue weighted by molar-refractivity contribution is 0.0412. The highest BCUT2D eigenvalue weighted by Gasteiger charge is 2.39. The van der Waals surface area contributed by atoms with Crippen LogP contribution in [0.5, 0.6) is 0 Å². The lowest BCUT2D eigenvalue weighted by Gasteiger charge is -2.38. The van der Waals surface area contributed by atoms with E-state index in [1.165, 1.54) is 6.07 Å². The number of nitrogens with one attached hydrogen (secondary N) is 1. The van der Waals surface area contributed by atoms with Gasteiger partial charge in [-0.25, -0.2) is 13.6 Å². The molecule has 2 aliphatic rings. The minimum absolute atomic E-state index is 0.117. The number of aromatic nitrogens is 2. The summed E-state index contributed by atoms with van der Waals surface area (Å²) in [5, 5.41) is 9.51. The van der Waals surface area contributed by atoms with Crippen LogP contribution >= 0.6 is 0 Å². The Morgan fingerprint density at radius 2 is 2.00 bits per heavy atom. The first-order valence-corrected chi connectivity index (χ1v) is 10.1. The van der Waals surface area contributed by atoms with Gasteiger partial charge in [0.15, 0.2) is 6.61 Å². The van der Waals surface area contributed by atoms with E-state index in [0.717, 1.165) is 18.4 Å². The van der Waals surface area contributed by atoms with E-state index in [0.29, 0.717) is 30.5 Å². The smallest absolute Gasteiger partial charge is 0.407 e. The fourth-order valence-electron chi connectivity index (χ4n) is 4.15. The summed E-state index contributed by atoms with van der Waals surface area (Å²) in [7, 11) is 0. The molecule has 1 aliphatic carbocycles. The maximum atomic E-state index is 13.1. The lowest BCUT2D eigenvalue weighted by Crippen LogP contribution is -2.53. The number of halogens is 4. The number of alkyl carbamates (subject to hydrolysis) is 1. The van der Waals surface area contributed by atoms with Gasteiger partial charge in [0, 0.05) is 17.7 Å². The molecule has 2 aromatic rings. The average molecular weight is 456 g/mol. The van der Waals surface area contributed by atoms with Crippen molar-refractivity contribution in [3.8, 4) is 11.5 Å². The first-order chi connectivity index (χ1) is 15.3. The molecule has 4 rings (SSSR count). The molecule has 2 atom stereocenters. The molecule has 1 aromatic heterocycles. The highest BCUT2D eigenvalue weighted by molar-refractivity contribution is 5.99. The second-order valence-electron chi connectivity index (χ2n) is 7.64. The van der Waals surface area contributed by atoms with Crippen LogP contribution in [-0.2, 0) is 11.3 Å². The molecule has 0 radical (unpaired) electrons. The van der Waals surface area contributed by atoms with Crippen LogP contribution in [0.4, 0.5) is 22.4 Å². The highest BCUT2D eigenvalue weighted by Crippen LogP contribution is 2.34. The van der Waals surface area contributed by atoms with Crippen LogP contribution in [0.1, 0.15) is 53.9 Å². The van der Waals surface area contributed by atoms with Crippen LogP contribution in [0, 0.1) is 0 Å². The zero-order valence-electron chi connectivity index (χ0n) is 16.8. The van der Waals surface area contributed by atoms with Crippen LogP contribution in [-0.4, -0.2) is 52.2 Å². The second-order valence-corrected chi connectivity index (χ2v) is 7.64. The zero-order chi connectivity index (χ0) is 22.8. The number of ether oxygens (including phenoxy) is 1. The number of nitrogens with zero attached hydrogens (tertiary/aromatic N) is 3. The maximum absolute atomic E-state index is 13.1. The monoisotopic (exact) mass is 456 g/mol. The molecule has 0 spiro atoms. The zero-order valence-corrected chi connectivity index (χ0v) is 16.8. The number of carbonyl (C=O) groups is 2. The number of alkyl halides is 4. The molecular formula is C20H20F4N4O4. The minimum Gasteiger partial charge on any atom is -0.443 e. The summed E-state index contributed by atoms with van der Waals surface area (Å²) in [6.07, 6.45) is -3.72. The van der Waals surface area contributed by atoms with Gasteiger partial charge in [-0.2, -0.15) is 8.78 Å². The highest BCUT2D eigenvalue weighted by atomic mass is 19.3. The van der Waals surface area contributed by atoms with Crippen molar-refractivity contribution >= 4 is 12.0 Å². The molecule has 1 saturated carbocycles. The third kappa shape index (κ3) is 4.53. The van der Waals surface area contributed by atoms with Gasteiger partial charge in [0.2, 0.25) is 5.89 Å². The van der Waals surface area contributed by atoms with Crippen molar-refractivity contribution in [2.75, 3.05) is 6.61 Å². The SMILES string of the molecule is O=C(N[C@@H]1CCCC[C@H]1N1Cc2ccc(-c3nnc(C(F)F)o3)cc2C1=O)OCC(F)F. The Morgan fingerprint density at radius 1 is 1.22 bits per heavy atom. The summed E-state index contributed by atoms with van der Waals surface area (Å²) in [6.45, 7) is -0.696. The number of hydrogen-bond acceptors (Lipinski definition) is 6. The van der Waals surface area contributed by atoms with Crippen LogP contribution < -0.4 is 5.32 Å². The number of hydrogen-bond donors (Lipinski definition) is 1. The number of benzene rings is 1. The fourth-order valence-corrected chi connectivity index (χ4v) is 4.15. The summed E-state index contributed by atoms with van der Waals surface area (Å²) < 4.78 is 59.5. The molecule has 1 aliphatic heterocycles. The largest absolute Gasteiger partial charge is 0.443 e. The Balaban J connectivity index is 1.49. The van der Waals surface area contributed by atoms with Crippen molar-refractivity contribution in [1.29, 1.82) is 0 Å². The Labute approximate surface area is 179 Å². The van der Waals surface area contributed by atoms with Crippen molar-refractivity contribution in [1.82, 2.24) is 20.4 Å². The first-order valence-electron chi connectivity index (χ1n) is 10.1. The van der Waals surface area contributed by atoms with E-state index in [1.807, 2.05) is 0 Å². The average Bonchev–Trinajstić information content (AvgIpc) is 3.38. The van der Waals surface area contributed by atoms with E-state index >= 15 is 0 Å². The third-order valence-electron chi connectivity index (χ3n) is 5.59. The second kappa shape index (κ2) is 9.13. The fraction of sp³-hybridized carbons (Fsp3) is 0.500. The van der Waals surface area contributed by atoms with Gasteiger partial charge in [-0.15, -0.1) is 10.2 Å². The predicted molar refractivity (Wildman–Crippen MR) is 101 cm³/mol. The summed E-state index contributed by atoms with van der Waals surface area (Å²) >= 11 is 0. The van der Waals surface area contributed by atoms with Gasteiger partial charge in [-0.1, -0.05) is 18.9 Å². The van der Waals surface area contributed by atoms with Gasteiger partial charge in [-0.3, -0.25) is 4.79 Å². The number of carbonyl (C=O) groups excluding carboxylic acids is 2. The summed E-state index contributed by atoms with van der Waals surface area (Å²) in [5.41, 5.74) is 1.45. The van der Waals surface area contributed by atoms with Gasteiger partial charge < -0.3 is 19.4 Å². The standard InChI is InChI=1S/C20H20F4N4O4/c21-15(22)9-31-20(30)25-13-3-1-2-4-14(13)28-8-11-6-5-10(7-12(11)19(28)29)17-26-27-18(32-17)16(23)24/h5-7,13-16H,1-4,8-9H2,(H,25,30)/t13-,14-/m1/s1. The normalized spacial score (nSPS) is 20.7. The maximum Gasteiger partial charge on any atom is 0.407 e. The molecule has 172 valence electrons. The summed E-state index contributed by atoms with van der Waals surface area (Å²) in [5.74, 6) is -1.20. The Kier molecular flexibility index (Phi) is 6.28. The van der Waals surface area contributed by atoms with E-state index in [9.17, 15) is 27.2 Å². The van der Waals surface area contributed by atoms with Crippen molar-refractivity contribution in [3.05, 3.63) is 35.2 Å². The Bertz CT molecular complexity index is 1000. The summed E-state index contributed by atoms with van der Waals surface area (Å²) in [6, 6.07) is 4.05. The third-order valence-corrected chi connectivity index (χ3v) is 5.59. The van der Waals surface area contributed by atoms with Gasteiger partial charge in [0.25, 0.3) is 18.2 Å². The Morgan fingerprint density at radius 3 is 2.72 bits per heavy atom. The molecule has 12 heteroatoms. The predicted octanol–water partition coefficient (Wildman–Crippen LogP) is 3.93. The molecule has 2 amide bonds. The number of fused-ring (bicyclic) bond motifs is 1. The van der Waals surface area contributed by atoms with Crippen LogP contribution in [0.3, 0.4) is 0 Å². The molecule has 0 saturated heterocycles. The van der Waals surface area contributed by atoms with Crippen molar-refractivity contribution < 1.29 is 36.3 Å². The quantitative estimate of drug-likeness (QED) is 0.662. The van der Waals surface area contributed by atoms with Crippen molar-refractivity contribution in [3.63, 3.8) is 0 Å². The van der Waals surface area contributed by atoms with Gasteiger partial charge in [-0.05, 0) is 30.5 Å². The van der Waals surface area contributed by atoms with Crippen LogP contribution in [0.15, 0.2) is 22.6 Å². The van der Waals surface area contributed by atoms with Crippen LogP contribution in [0.2, 0.25) is 0 Å². The van der Waals surface area contributed by atoms with Crippen molar-refractivity contribution in [2.45, 2.75) is 57.2 Å².